The summed E-state index contributed by atoms with van der Waals surface area (Å²) in [4.78, 5) is 35.4. The molecule has 0 aliphatic heterocycles. The average molecular weight is 562 g/mol. The van der Waals surface area contributed by atoms with Gasteiger partial charge in [0.2, 0.25) is 0 Å². The van der Waals surface area contributed by atoms with Crippen LogP contribution in [0.25, 0.3) is 11.2 Å². The first-order valence-corrected chi connectivity index (χ1v) is 14.4. The van der Waals surface area contributed by atoms with Crippen molar-refractivity contribution in [3.05, 3.63) is 92.4 Å². The van der Waals surface area contributed by atoms with Crippen LogP contribution < -0.4 is 22.0 Å². The Kier molecular flexibility index (Phi) is 10.0. The third kappa shape index (κ3) is 6.71. The number of anilines is 1. The molecule has 0 amide bonds. The highest BCUT2D eigenvalue weighted by Crippen LogP contribution is 2.20. The van der Waals surface area contributed by atoms with Crippen molar-refractivity contribution >= 4 is 16.9 Å². The lowest BCUT2D eigenvalue weighted by Crippen LogP contribution is -2.45. The van der Waals surface area contributed by atoms with Crippen LogP contribution in [-0.4, -0.2) is 69.1 Å². The van der Waals surface area contributed by atoms with Crippen LogP contribution in [0, 0.1) is 0 Å². The minimum Gasteiger partial charge on any atom is -0.399 e. The average Bonchev–Trinajstić information content (AvgIpc) is 3.31. The molecule has 0 saturated carbocycles. The van der Waals surface area contributed by atoms with E-state index in [0.717, 1.165) is 24.1 Å². The summed E-state index contributed by atoms with van der Waals surface area (Å²) in [5.74, 6) is 0.643. The predicted molar refractivity (Wildman–Crippen MR) is 165 cm³/mol. The lowest BCUT2D eigenvalue weighted by atomic mass is 10.1. The van der Waals surface area contributed by atoms with E-state index >= 15 is 0 Å². The first-order valence-electron chi connectivity index (χ1n) is 14.4. The number of aryl methyl sites for hydroxylation is 2. The molecule has 0 spiro atoms. The third-order valence-corrected chi connectivity index (χ3v) is 7.56. The normalized spacial score (nSPS) is 12.3. The standard InChI is InChI=1S/C31H43N7O3/c1-5-35(20-21-39)38-27(22-24-13-7-6-8-14-24)33-29-28(38)30(40)37(23(2)12-11-18-34(3)4)31(41)36(29)19-17-25-15-9-10-16-26(25)32/h6-10,13-16,23,39H,5,11-12,17-22,32H2,1-4H3. The van der Waals surface area contributed by atoms with Crippen LogP contribution in [0.15, 0.2) is 64.2 Å². The van der Waals surface area contributed by atoms with Crippen LogP contribution >= 0.6 is 0 Å². The molecule has 1 unspecified atom stereocenters. The Morgan fingerprint density at radius 3 is 2.39 bits per heavy atom. The van der Waals surface area contributed by atoms with Gasteiger partial charge in [0.25, 0.3) is 5.56 Å². The fourth-order valence-electron chi connectivity index (χ4n) is 5.37. The summed E-state index contributed by atoms with van der Waals surface area (Å²) < 4.78 is 4.85. The van der Waals surface area contributed by atoms with Gasteiger partial charge in [-0.25, -0.2) is 14.5 Å². The summed E-state index contributed by atoms with van der Waals surface area (Å²) in [6, 6.07) is 17.2. The number of benzene rings is 2. The van der Waals surface area contributed by atoms with Crippen molar-refractivity contribution < 1.29 is 5.11 Å². The zero-order valence-electron chi connectivity index (χ0n) is 24.7. The Morgan fingerprint density at radius 2 is 1.73 bits per heavy atom. The monoisotopic (exact) mass is 561 g/mol. The van der Waals surface area contributed by atoms with Crippen molar-refractivity contribution in [2.45, 2.75) is 52.1 Å². The van der Waals surface area contributed by atoms with E-state index in [1.165, 1.54) is 4.57 Å². The van der Waals surface area contributed by atoms with Gasteiger partial charge in [-0.2, -0.15) is 0 Å². The van der Waals surface area contributed by atoms with Gasteiger partial charge >= 0.3 is 5.69 Å². The zero-order chi connectivity index (χ0) is 29.5. The maximum atomic E-state index is 14.2. The van der Waals surface area contributed by atoms with E-state index in [1.807, 2.05) is 92.2 Å². The van der Waals surface area contributed by atoms with Gasteiger partial charge in [-0.05, 0) is 70.9 Å². The number of nitrogens with two attached hydrogens (primary N) is 1. The van der Waals surface area contributed by atoms with E-state index < -0.39 is 0 Å². The molecule has 1 atom stereocenters. The van der Waals surface area contributed by atoms with Crippen LogP contribution in [0.2, 0.25) is 0 Å². The number of nitrogens with zero attached hydrogens (tertiary/aromatic N) is 6. The Bertz CT molecular complexity index is 1560. The maximum absolute atomic E-state index is 14.2. The zero-order valence-corrected chi connectivity index (χ0v) is 24.7. The van der Waals surface area contributed by atoms with Crippen LogP contribution in [0.1, 0.15) is 49.7 Å². The summed E-state index contributed by atoms with van der Waals surface area (Å²) in [6.45, 7) is 5.88. The number of hydrogen-bond acceptors (Lipinski definition) is 7. The molecule has 0 aliphatic rings. The van der Waals surface area contributed by atoms with Crippen molar-refractivity contribution in [1.82, 2.24) is 23.7 Å². The van der Waals surface area contributed by atoms with Gasteiger partial charge in [0.15, 0.2) is 11.2 Å². The number of nitrogen functional groups attached to an aromatic ring is 1. The number of aliphatic hydroxyl groups is 1. The minimum absolute atomic E-state index is 0.0830. The summed E-state index contributed by atoms with van der Waals surface area (Å²) >= 11 is 0. The molecule has 0 radical (unpaired) electrons. The quantitative estimate of drug-likeness (QED) is 0.228. The van der Waals surface area contributed by atoms with E-state index in [0.29, 0.717) is 61.6 Å². The second kappa shape index (κ2) is 13.6. The van der Waals surface area contributed by atoms with Gasteiger partial charge in [0.1, 0.15) is 5.82 Å². The SMILES string of the molecule is CCN(CCO)n1c(Cc2ccccc2)nc2c1c(=O)n(C(C)CCCN(C)C)c(=O)n2CCc1ccccc1N. The van der Waals surface area contributed by atoms with E-state index in [2.05, 4.69) is 4.90 Å². The molecule has 41 heavy (non-hydrogen) atoms. The highest BCUT2D eigenvalue weighted by molar-refractivity contribution is 5.72. The second-order valence-electron chi connectivity index (χ2n) is 10.8. The molecule has 2 aromatic carbocycles. The molecule has 0 saturated heterocycles. The lowest BCUT2D eigenvalue weighted by Gasteiger charge is -2.26. The Balaban J connectivity index is 1.94. The fourth-order valence-corrected chi connectivity index (χ4v) is 5.37. The second-order valence-corrected chi connectivity index (χ2v) is 10.8. The van der Waals surface area contributed by atoms with E-state index in [-0.39, 0.29) is 23.9 Å². The Labute approximate surface area is 241 Å². The number of fused-ring (bicyclic) bond motifs is 1. The molecule has 220 valence electrons. The van der Waals surface area contributed by atoms with Crippen LogP contribution in [-0.2, 0) is 19.4 Å². The number of imidazole rings is 1. The summed E-state index contributed by atoms with van der Waals surface area (Å²) in [7, 11) is 4.02. The van der Waals surface area contributed by atoms with Gasteiger partial charge in [-0.3, -0.25) is 13.9 Å². The topological polar surface area (TPSA) is 115 Å². The molecule has 10 heteroatoms. The first kappa shape index (κ1) is 30.1. The molecule has 0 fully saturated rings. The van der Waals surface area contributed by atoms with Crippen molar-refractivity contribution in [1.29, 1.82) is 0 Å². The van der Waals surface area contributed by atoms with Crippen molar-refractivity contribution in [2.75, 3.05) is 51.1 Å². The minimum atomic E-state index is -0.365. The van der Waals surface area contributed by atoms with Gasteiger partial charge in [-0.15, -0.1) is 0 Å². The van der Waals surface area contributed by atoms with Gasteiger partial charge in [0, 0.05) is 31.2 Å². The molecule has 2 aromatic heterocycles. The highest BCUT2D eigenvalue weighted by Gasteiger charge is 2.26. The third-order valence-electron chi connectivity index (χ3n) is 7.56. The number of aliphatic hydroxyl groups excluding tert-OH is 1. The van der Waals surface area contributed by atoms with E-state index in [1.54, 1.807) is 4.57 Å². The van der Waals surface area contributed by atoms with E-state index in [4.69, 9.17) is 10.7 Å². The van der Waals surface area contributed by atoms with Crippen LogP contribution in [0.4, 0.5) is 5.69 Å². The number of hydrogen-bond donors (Lipinski definition) is 2. The number of rotatable bonds is 14. The van der Waals surface area contributed by atoms with Crippen molar-refractivity contribution in [3.8, 4) is 0 Å². The largest absolute Gasteiger partial charge is 0.399 e. The Morgan fingerprint density at radius 1 is 1.02 bits per heavy atom. The number of likely N-dealkylation sites (N-methyl/N-ethyl adjacent to an activating group) is 1. The molecule has 0 bridgehead atoms. The van der Waals surface area contributed by atoms with Crippen molar-refractivity contribution in [2.24, 2.45) is 0 Å². The fraction of sp³-hybridized carbons (Fsp3) is 0.452. The highest BCUT2D eigenvalue weighted by atomic mass is 16.3. The summed E-state index contributed by atoms with van der Waals surface area (Å²) in [6.07, 6.45) is 2.52. The first-order chi connectivity index (χ1) is 19.8. The van der Waals surface area contributed by atoms with Crippen LogP contribution in [0.5, 0.6) is 0 Å². The van der Waals surface area contributed by atoms with E-state index in [9.17, 15) is 14.7 Å². The molecule has 10 nitrogen and oxygen atoms in total. The molecule has 4 aromatic rings. The molecular formula is C31H43N7O3. The Hall–Kier alpha value is -3.89. The van der Waals surface area contributed by atoms with Crippen molar-refractivity contribution in [3.63, 3.8) is 0 Å². The number of para-hydroxylation sites is 1. The predicted octanol–water partition coefficient (Wildman–Crippen LogP) is 2.63. The lowest BCUT2D eigenvalue weighted by molar-refractivity contribution is 0.292. The molecule has 2 heterocycles. The number of aromatic nitrogens is 4. The smallest absolute Gasteiger partial charge is 0.333 e. The molecule has 0 aliphatic carbocycles. The van der Waals surface area contributed by atoms with Gasteiger partial charge in [0.05, 0.1) is 13.2 Å². The molecular weight excluding hydrogens is 518 g/mol. The van der Waals surface area contributed by atoms with Crippen LogP contribution in [0.3, 0.4) is 0 Å². The molecule has 3 N–H and O–H groups in total. The summed E-state index contributed by atoms with van der Waals surface area (Å²) in [5.41, 5.74) is 8.84. The van der Waals surface area contributed by atoms with Gasteiger partial charge < -0.3 is 20.7 Å². The summed E-state index contributed by atoms with van der Waals surface area (Å²) in [5, 5.41) is 11.8. The molecule has 4 rings (SSSR count). The van der Waals surface area contributed by atoms with Gasteiger partial charge in [-0.1, -0.05) is 48.5 Å². The maximum Gasteiger partial charge on any atom is 0.333 e.